The number of nitrogens with zero attached hydrogens (tertiary/aromatic N) is 2. The number of nitro benzene ring substituents is 1. The van der Waals surface area contributed by atoms with Gasteiger partial charge in [0.1, 0.15) is 5.75 Å². The van der Waals surface area contributed by atoms with Crippen molar-refractivity contribution in [3.05, 3.63) is 63.7 Å². The van der Waals surface area contributed by atoms with E-state index >= 15 is 0 Å². The zero-order valence-electron chi connectivity index (χ0n) is 15.1. The monoisotopic (exact) mass is 371 g/mol. The highest BCUT2D eigenvalue weighted by atomic mass is 16.6. The third kappa shape index (κ3) is 5.53. The number of para-hydroxylation sites is 1. The molecule has 8 nitrogen and oxygen atoms in total. The van der Waals surface area contributed by atoms with Crippen LogP contribution in [0.5, 0.6) is 11.5 Å². The van der Waals surface area contributed by atoms with Gasteiger partial charge in [-0.15, -0.1) is 0 Å². The summed E-state index contributed by atoms with van der Waals surface area (Å²) in [6, 6.07) is 11.6. The summed E-state index contributed by atoms with van der Waals surface area (Å²) < 4.78 is 5.39. The Labute approximate surface area is 156 Å². The van der Waals surface area contributed by atoms with Gasteiger partial charge in [0.2, 0.25) is 5.75 Å². The summed E-state index contributed by atoms with van der Waals surface area (Å²) >= 11 is 0. The first-order valence-electron chi connectivity index (χ1n) is 8.43. The number of hydrogen-bond donors (Lipinski definition) is 2. The molecule has 0 unspecified atom stereocenters. The summed E-state index contributed by atoms with van der Waals surface area (Å²) in [5.41, 5.74) is 3.13. The largest absolute Gasteiger partial charge is 0.502 e. The number of carbonyl (C=O) groups excluding carboxylic acids is 1. The van der Waals surface area contributed by atoms with Gasteiger partial charge in [-0.05, 0) is 36.1 Å². The fraction of sp³-hybridized carbons (Fsp3) is 0.263. The minimum Gasteiger partial charge on any atom is -0.502 e. The van der Waals surface area contributed by atoms with E-state index in [-0.39, 0.29) is 12.2 Å². The van der Waals surface area contributed by atoms with E-state index in [0.29, 0.717) is 11.7 Å². The lowest BCUT2D eigenvalue weighted by Gasteiger charge is -2.10. The summed E-state index contributed by atoms with van der Waals surface area (Å²) in [4.78, 5) is 21.8. The van der Waals surface area contributed by atoms with Crippen molar-refractivity contribution < 1.29 is 19.6 Å². The van der Waals surface area contributed by atoms with Gasteiger partial charge in [-0.3, -0.25) is 14.9 Å². The lowest BCUT2D eigenvalue weighted by molar-refractivity contribution is -0.385. The number of amides is 1. The molecule has 0 spiro atoms. The van der Waals surface area contributed by atoms with Gasteiger partial charge in [0.25, 0.3) is 5.91 Å². The molecule has 0 saturated carbocycles. The molecular formula is C19H21N3O5. The van der Waals surface area contributed by atoms with Gasteiger partial charge in [0.15, 0.2) is 6.61 Å². The molecular weight excluding hydrogens is 350 g/mol. The highest BCUT2D eigenvalue weighted by Crippen LogP contribution is 2.27. The Morgan fingerprint density at radius 2 is 2.04 bits per heavy atom. The number of hydrogen-bond acceptors (Lipinski definition) is 6. The summed E-state index contributed by atoms with van der Waals surface area (Å²) in [5, 5.41) is 24.2. The summed E-state index contributed by atoms with van der Waals surface area (Å²) in [6.45, 7) is 4.02. The van der Waals surface area contributed by atoms with Crippen LogP contribution in [0.3, 0.4) is 0 Å². The average molecular weight is 371 g/mol. The molecule has 1 atom stereocenters. The summed E-state index contributed by atoms with van der Waals surface area (Å²) in [7, 11) is 0. The van der Waals surface area contributed by atoms with E-state index in [2.05, 4.69) is 24.4 Å². The molecule has 0 heterocycles. The van der Waals surface area contributed by atoms with Crippen molar-refractivity contribution >= 4 is 17.8 Å². The van der Waals surface area contributed by atoms with Gasteiger partial charge in [0, 0.05) is 11.6 Å². The third-order valence-corrected chi connectivity index (χ3v) is 4.07. The maximum absolute atomic E-state index is 11.8. The molecule has 0 aliphatic heterocycles. The predicted octanol–water partition coefficient (Wildman–Crippen LogP) is 3.34. The SMILES string of the molecule is CC[C@H](C)c1ccc(OCC(=O)N/N=C/c2cccc([N+](=O)[O-])c2O)cc1. The number of hydrazone groups is 1. The lowest BCUT2D eigenvalue weighted by atomic mass is 9.99. The molecule has 0 aromatic heterocycles. The third-order valence-electron chi connectivity index (χ3n) is 4.07. The molecule has 2 N–H and O–H groups in total. The minimum absolute atomic E-state index is 0.117. The Morgan fingerprint density at radius 1 is 1.33 bits per heavy atom. The Kier molecular flexibility index (Phi) is 6.87. The second kappa shape index (κ2) is 9.33. The van der Waals surface area contributed by atoms with Crippen LogP contribution in [-0.2, 0) is 4.79 Å². The molecule has 1 amide bonds. The zero-order valence-corrected chi connectivity index (χ0v) is 15.1. The van der Waals surface area contributed by atoms with Gasteiger partial charge in [-0.1, -0.05) is 32.0 Å². The number of ether oxygens (including phenoxy) is 1. The Hall–Kier alpha value is -3.42. The molecule has 0 radical (unpaired) electrons. The standard InChI is InChI=1S/C19H21N3O5/c1-3-13(2)14-7-9-16(10-8-14)27-12-18(23)21-20-11-15-5-4-6-17(19(15)24)22(25)26/h4-11,13,24H,3,12H2,1-2H3,(H,21,23)/b20-11+/t13-/m0/s1. The number of rotatable bonds is 8. The van der Waals surface area contributed by atoms with Crippen LogP contribution in [0.4, 0.5) is 5.69 Å². The van der Waals surface area contributed by atoms with Gasteiger partial charge in [-0.25, -0.2) is 5.43 Å². The normalized spacial score (nSPS) is 11.9. The molecule has 0 fully saturated rings. The molecule has 27 heavy (non-hydrogen) atoms. The molecule has 0 aliphatic carbocycles. The average Bonchev–Trinajstić information content (AvgIpc) is 2.67. The Bertz CT molecular complexity index is 834. The zero-order chi connectivity index (χ0) is 19.8. The van der Waals surface area contributed by atoms with Gasteiger partial charge in [-0.2, -0.15) is 5.10 Å². The number of benzene rings is 2. The van der Waals surface area contributed by atoms with E-state index in [1.165, 1.54) is 23.8 Å². The van der Waals surface area contributed by atoms with Crippen molar-refractivity contribution in [1.82, 2.24) is 5.43 Å². The van der Waals surface area contributed by atoms with Crippen LogP contribution in [0.25, 0.3) is 0 Å². The minimum atomic E-state index is -0.703. The van der Waals surface area contributed by atoms with Crippen LogP contribution in [0.2, 0.25) is 0 Å². The molecule has 0 saturated heterocycles. The summed E-state index contributed by atoms with van der Waals surface area (Å²) in [5.74, 6) is 0.0137. The first-order chi connectivity index (χ1) is 12.9. The molecule has 0 aliphatic rings. The molecule has 2 aromatic rings. The fourth-order valence-electron chi connectivity index (χ4n) is 2.28. The highest BCUT2D eigenvalue weighted by molar-refractivity contribution is 5.87. The topological polar surface area (TPSA) is 114 Å². The van der Waals surface area contributed by atoms with Gasteiger partial charge >= 0.3 is 5.69 Å². The van der Waals surface area contributed by atoms with E-state index in [1.807, 2.05) is 12.1 Å². The van der Waals surface area contributed by atoms with Crippen molar-refractivity contribution in [1.29, 1.82) is 0 Å². The van der Waals surface area contributed by atoms with E-state index in [9.17, 15) is 20.0 Å². The first-order valence-corrected chi connectivity index (χ1v) is 8.43. The number of phenolic OH excluding ortho intramolecular Hbond substituents is 1. The molecule has 2 aromatic carbocycles. The quantitative estimate of drug-likeness (QED) is 0.420. The van der Waals surface area contributed by atoms with E-state index in [0.717, 1.165) is 12.6 Å². The fourth-order valence-corrected chi connectivity index (χ4v) is 2.28. The maximum atomic E-state index is 11.8. The van der Waals surface area contributed by atoms with Crippen LogP contribution in [0, 0.1) is 10.1 Å². The molecule has 0 bridgehead atoms. The Morgan fingerprint density at radius 3 is 2.67 bits per heavy atom. The van der Waals surface area contributed by atoms with E-state index in [4.69, 9.17) is 4.74 Å². The van der Waals surface area contributed by atoms with Crippen molar-refractivity contribution in [2.75, 3.05) is 6.61 Å². The van der Waals surface area contributed by atoms with E-state index < -0.39 is 22.3 Å². The molecule has 2 rings (SSSR count). The maximum Gasteiger partial charge on any atom is 0.311 e. The van der Waals surface area contributed by atoms with E-state index in [1.54, 1.807) is 12.1 Å². The number of carbonyl (C=O) groups is 1. The van der Waals surface area contributed by atoms with Crippen LogP contribution in [0.15, 0.2) is 47.6 Å². The second-order valence-corrected chi connectivity index (χ2v) is 5.93. The van der Waals surface area contributed by atoms with Gasteiger partial charge in [0.05, 0.1) is 11.1 Å². The number of phenols is 1. The molecule has 142 valence electrons. The van der Waals surface area contributed by atoms with Gasteiger partial charge < -0.3 is 9.84 Å². The number of nitrogens with one attached hydrogen (secondary N) is 1. The number of aromatic hydroxyl groups is 1. The predicted molar refractivity (Wildman–Crippen MR) is 101 cm³/mol. The molecule has 8 heteroatoms. The second-order valence-electron chi connectivity index (χ2n) is 5.93. The van der Waals surface area contributed by atoms with Crippen molar-refractivity contribution in [3.63, 3.8) is 0 Å². The van der Waals surface area contributed by atoms with Crippen molar-refractivity contribution in [2.45, 2.75) is 26.2 Å². The van der Waals surface area contributed by atoms with Crippen molar-refractivity contribution in [3.8, 4) is 11.5 Å². The first kappa shape index (κ1) is 19.9. The van der Waals surface area contributed by atoms with Crippen molar-refractivity contribution in [2.24, 2.45) is 5.10 Å². The smallest absolute Gasteiger partial charge is 0.311 e. The lowest BCUT2D eigenvalue weighted by Crippen LogP contribution is -2.24. The van der Waals surface area contributed by atoms with Crippen LogP contribution >= 0.6 is 0 Å². The number of nitro groups is 1. The van der Waals surface area contributed by atoms with Crippen LogP contribution in [-0.4, -0.2) is 28.8 Å². The van der Waals surface area contributed by atoms with Crippen LogP contribution < -0.4 is 10.2 Å². The van der Waals surface area contributed by atoms with Crippen LogP contribution in [0.1, 0.15) is 37.3 Å². The Balaban J connectivity index is 1.87. The summed E-state index contributed by atoms with van der Waals surface area (Å²) in [6.07, 6.45) is 2.17. The highest BCUT2D eigenvalue weighted by Gasteiger charge is 2.15.